The standard InChI is InChI=1S/C46H28N2S/c1-3-10-28(11-4-1)31-18-20-40-34(22-31)35-24-38-39-25-37-36-23-32(29-12-5-2-6-13-29)19-21-43(36)48(42-17-9-15-30-14-7-8-16-33(30)42)44(37)27-46(39)49-45(38)26-41(35)47-40/h1-27,47H. The number of thiophene rings is 1. The van der Waals surface area contributed by atoms with E-state index in [9.17, 15) is 0 Å². The highest BCUT2D eigenvalue weighted by atomic mass is 32.1. The van der Waals surface area contributed by atoms with E-state index in [1.165, 1.54) is 102 Å². The molecule has 0 fully saturated rings. The average Bonchev–Trinajstić information content (AvgIpc) is 3.81. The van der Waals surface area contributed by atoms with Crippen molar-refractivity contribution in [2.24, 2.45) is 0 Å². The van der Waals surface area contributed by atoms with Crippen molar-refractivity contribution in [1.82, 2.24) is 9.55 Å². The van der Waals surface area contributed by atoms with Gasteiger partial charge in [-0.25, -0.2) is 0 Å². The Morgan fingerprint density at radius 1 is 0.367 bits per heavy atom. The Hall–Kier alpha value is -6.16. The lowest BCUT2D eigenvalue weighted by molar-refractivity contribution is 1.20. The largest absolute Gasteiger partial charge is 0.354 e. The summed E-state index contributed by atoms with van der Waals surface area (Å²) in [6.45, 7) is 0. The van der Waals surface area contributed by atoms with Crippen LogP contribution in [0.4, 0.5) is 0 Å². The first kappa shape index (κ1) is 26.9. The normalized spacial score (nSPS) is 12.1. The van der Waals surface area contributed by atoms with Crippen molar-refractivity contribution in [1.29, 1.82) is 0 Å². The number of benzene rings is 8. The highest BCUT2D eigenvalue weighted by Crippen LogP contribution is 2.44. The molecule has 1 N–H and O–H groups in total. The summed E-state index contributed by atoms with van der Waals surface area (Å²) in [5.74, 6) is 0. The van der Waals surface area contributed by atoms with Gasteiger partial charge in [0.2, 0.25) is 0 Å². The van der Waals surface area contributed by atoms with E-state index in [4.69, 9.17) is 0 Å². The van der Waals surface area contributed by atoms with Crippen LogP contribution in [-0.2, 0) is 0 Å². The molecule has 0 spiro atoms. The van der Waals surface area contributed by atoms with Gasteiger partial charge in [-0.15, -0.1) is 11.3 Å². The van der Waals surface area contributed by atoms with E-state index in [1.807, 2.05) is 11.3 Å². The van der Waals surface area contributed by atoms with Crippen molar-refractivity contribution >= 4 is 85.9 Å². The molecule has 0 radical (unpaired) electrons. The van der Waals surface area contributed by atoms with E-state index in [-0.39, 0.29) is 0 Å². The Morgan fingerprint density at radius 2 is 0.980 bits per heavy atom. The third-order valence-corrected chi connectivity index (χ3v) is 11.4. The topological polar surface area (TPSA) is 20.7 Å². The minimum absolute atomic E-state index is 1.17. The van der Waals surface area contributed by atoms with Gasteiger partial charge in [0.05, 0.1) is 16.7 Å². The molecule has 0 bridgehead atoms. The molecule has 49 heavy (non-hydrogen) atoms. The zero-order valence-electron chi connectivity index (χ0n) is 26.4. The summed E-state index contributed by atoms with van der Waals surface area (Å²) in [6.07, 6.45) is 0. The third-order valence-electron chi connectivity index (χ3n) is 10.3. The van der Waals surface area contributed by atoms with Crippen LogP contribution in [0.25, 0.3) is 102 Å². The zero-order valence-corrected chi connectivity index (χ0v) is 27.3. The lowest BCUT2D eigenvalue weighted by atomic mass is 10.0. The van der Waals surface area contributed by atoms with Crippen molar-refractivity contribution in [3.63, 3.8) is 0 Å². The summed E-state index contributed by atoms with van der Waals surface area (Å²) in [4.78, 5) is 3.72. The quantitative estimate of drug-likeness (QED) is 0.198. The summed E-state index contributed by atoms with van der Waals surface area (Å²) in [5.41, 5.74) is 11.0. The van der Waals surface area contributed by atoms with Crippen LogP contribution in [0.15, 0.2) is 164 Å². The maximum atomic E-state index is 3.72. The number of H-pyrrole nitrogens is 1. The van der Waals surface area contributed by atoms with Crippen molar-refractivity contribution in [3.05, 3.63) is 164 Å². The van der Waals surface area contributed by atoms with Crippen LogP contribution in [-0.4, -0.2) is 9.55 Å². The second kappa shape index (κ2) is 10.2. The Labute approximate surface area is 286 Å². The van der Waals surface area contributed by atoms with Crippen molar-refractivity contribution < 1.29 is 0 Å². The summed E-state index contributed by atoms with van der Waals surface area (Å²) in [7, 11) is 0. The Kier molecular flexibility index (Phi) is 5.57. The fourth-order valence-electron chi connectivity index (χ4n) is 7.97. The van der Waals surface area contributed by atoms with Crippen molar-refractivity contribution in [2.75, 3.05) is 0 Å². The van der Waals surface area contributed by atoms with E-state index < -0.39 is 0 Å². The van der Waals surface area contributed by atoms with Crippen molar-refractivity contribution in [2.45, 2.75) is 0 Å². The molecule has 11 rings (SSSR count). The second-order valence-electron chi connectivity index (χ2n) is 13.0. The number of aromatic amines is 1. The van der Waals surface area contributed by atoms with Gasteiger partial charge in [0.1, 0.15) is 0 Å². The first-order chi connectivity index (χ1) is 24.3. The Morgan fingerprint density at radius 3 is 1.78 bits per heavy atom. The summed E-state index contributed by atoms with van der Waals surface area (Å²) < 4.78 is 5.09. The van der Waals surface area contributed by atoms with Gasteiger partial charge in [-0.1, -0.05) is 109 Å². The number of nitrogens with one attached hydrogen (secondary N) is 1. The molecule has 0 unspecified atom stereocenters. The smallest absolute Gasteiger partial charge is 0.0555 e. The van der Waals surface area contributed by atoms with Gasteiger partial charge in [-0.3, -0.25) is 0 Å². The molecule has 3 heterocycles. The molecule has 3 heteroatoms. The van der Waals surface area contributed by atoms with Crippen LogP contribution in [0.3, 0.4) is 0 Å². The number of hydrogen-bond donors (Lipinski definition) is 1. The maximum Gasteiger partial charge on any atom is 0.0555 e. The van der Waals surface area contributed by atoms with E-state index in [0.717, 1.165) is 0 Å². The predicted molar refractivity (Wildman–Crippen MR) is 211 cm³/mol. The molecule has 0 aliphatic carbocycles. The molecule has 0 amide bonds. The van der Waals surface area contributed by atoms with Gasteiger partial charge in [-0.05, 0) is 82.2 Å². The van der Waals surface area contributed by atoms with Crippen LogP contribution in [0, 0.1) is 0 Å². The van der Waals surface area contributed by atoms with Crippen LogP contribution in [0.5, 0.6) is 0 Å². The number of nitrogens with zero attached hydrogens (tertiary/aromatic N) is 1. The first-order valence-electron chi connectivity index (χ1n) is 16.8. The van der Waals surface area contributed by atoms with Crippen LogP contribution in [0.2, 0.25) is 0 Å². The molecule has 228 valence electrons. The summed E-state index contributed by atoms with van der Waals surface area (Å²) in [6, 6.07) is 60.2. The minimum atomic E-state index is 1.17. The fraction of sp³-hybridized carbons (Fsp3) is 0. The van der Waals surface area contributed by atoms with Gasteiger partial charge in [0.15, 0.2) is 0 Å². The molecule has 3 aromatic heterocycles. The molecule has 0 atom stereocenters. The molecule has 2 nitrogen and oxygen atoms in total. The summed E-state index contributed by atoms with van der Waals surface area (Å²) in [5, 5.41) is 10.2. The number of rotatable bonds is 3. The average molecular weight is 641 g/mol. The lowest BCUT2D eigenvalue weighted by Crippen LogP contribution is -1.95. The van der Waals surface area contributed by atoms with E-state index in [0.29, 0.717) is 0 Å². The highest BCUT2D eigenvalue weighted by Gasteiger charge is 2.19. The summed E-state index contributed by atoms with van der Waals surface area (Å²) >= 11 is 1.89. The van der Waals surface area contributed by atoms with Gasteiger partial charge < -0.3 is 9.55 Å². The molecule has 11 aromatic rings. The monoisotopic (exact) mass is 640 g/mol. The van der Waals surface area contributed by atoms with Crippen LogP contribution >= 0.6 is 11.3 Å². The molecule has 0 aliphatic rings. The van der Waals surface area contributed by atoms with Gasteiger partial charge in [-0.2, -0.15) is 0 Å². The number of fused-ring (bicyclic) bond motifs is 10. The van der Waals surface area contributed by atoms with Gasteiger partial charge in [0, 0.05) is 58.1 Å². The van der Waals surface area contributed by atoms with Crippen LogP contribution in [0.1, 0.15) is 0 Å². The molecule has 0 aliphatic heterocycles. The Balaban J connectivity index is 1.21. The zero-order chi connectivity index (χ0) is 32.1. The lowest BCUT2D eigenvalue weighted by Gasteiger charge is -2.12. The molecular formula is C46H28N2S. The van der Waals surface area contributed by atoms with Gasteiger partial charge >= 0.3 is 0 Å². The second-order valence-corrected chi connectivity index (χ2v) is 14.1. The SMILES string of the molecule is c1ccc(-c2ccc3[nH]c4cc5sc6cc7c(cc6c5cc4c3c2)c2cc(-c3ccccc3)ccc2n7-c2cccc3ccccc23)cc1. The minimum Gasteiger partial charge on any atom is -0.354 e. The fourth-order valence-corrected chi connectivity index (χ4v) is 9.11. The molecular weight excluding hydrogens is 613 g/mol. The maximum absolute atomic E-state index is 3.72. The predicted octanol–water partition coefficient (Wildman–Crippen LogP) is 13.3. The van der Waals surface area contributed by atoms with Crippen molar-refractivity contribution in [3.8, 4) is 27.9 Å². The molecule has 0 saturated carbocycles. The molecule has 0 saturated heterocycles. The third kappa shape index (κ3) is 4.00. The van der Waals surface area contributed by atoms with E-state index in [1.54, 1.807) is 0 Å². The van der Waals surface area contributed by atoms with Crippen LogP contribution < -0.4 is 0 Å². The van der Waals surface area contributed by atoms with E-state index in [2.05, 4.69) is 173 Å². The Bertz CT molecular complexity index is 3080. The van der Waals surface area contributed by atoms with E-state index >= 15 is 0 Å². The number of aromatic nitrogens is 2. The highest BCUT2D eigenvalue weighted by molar-refractivity contribution is 7.26. The first-order valence-corrected chi connectivity index (χ1v) is 17.6. The van der Waals surface area contributed by atoms with Gasteiger partial charge in [0.25, 0.3) is 0 Å². The molecule has 8 aromatic carbocycles. The number of hydrogen-bond acceptors (Lipinski definition) is 1.